The predicted octanol–water partition coefficient (Wildman–Crippen LogP) is 3.46. The lowest BCUT2D eigenvalue weighted by atomic mass is 10.3. The average molecular weight is 310 g/mol. The maximum Gasteiger partial charge on any atom is 0.164 e. The molecule has 18 heavy (non-hydrogen) atoms. The molecular formula is C12H6BrF2N3. The molecule has 0 bridgehead atoms. The van der Waals surface area contributed by atoms with Crippen LogP contribution in [0.4, 0.5) is 8.78 Å². The number of aromatic nitrogens is 3. The van der Waals surface area contributed by atoms with Crippen molar-refractivity contribution in [3.63, 3.8) is 0 Å². The highest BCUT2D eigenvalue weighted by Gasteiger charge is 2.14. The number of hydrogen-bond acceptors (Lipinski definition) is 2. The van der Waals surface area contributed by atoms with Gasteiger partial charge in [0.15, 0.2) is 11.5 Å². The third-order valence-corrected chi connectivity index (χ3v) is 3.12. The molecule has 3 aromatic rings. The van der Waals surface area contributed by atoms with Crippen molar-refractivity contribution >= 4 is 27.0 Å². The van der Waals surface area contributed by atoms with Crippen LogP contribution < -0.4 is 0 Å². The molecule has 0 saturated carbocycles. The van der Waals surface area contributed by atoms with Crippen LogP contribution in [0.3, 0.4) is 0 Å². The van der Waals surface area contributed by atoms with E-state index in [0.29, 0.717) is 10.3 Å². The third kappa shape index (κ3) is 1.69. The molecule has 0 fully saturated rings. The highest BCUT2D eigenvalue weighted by Crippen LogP contribution is 2.25. The Morgan fingerprint density at radius 1 is 1.17 bits per heavy atom. The molecular weight excluding hydrogens is 304 g/mol. The van der Waals surface area contributed by atoms with Crippen molar-refractivity contribution in [2.75, 3.05) is 0 Å². The van der Waals surface area contributed by atoms with Crippen LogP contribution in [-0.4, -0.2) is 14.8 Å². The van der Waals surface area contributed by atoms with Crippen LogP contribution in [0, 0.1) is 11.6 Å². The third-order valence-electron chi connectivity index (χ3n) is 2.54. The monoisotopic (exact) mass is 309 g/mol. The molecule has 0 radical (unpaired) electrons. The van der Waals surface area contributed by atoms with E-state index in [9.17, 15) is 8.78 Å². The Balaban J connectivity index is 2.32. The van der Waals surface area contributed by atoms with Gasteiger partial charge in [0.2, 0.25) is 0 Å². The maximum atomic E-state index is 13.7. The zero-order valence-corrected chi connectivity index (χ0v) is 10.5. The minimum atomic E-state index is -0.683. The predicted molar refractivity (Wildman–Crippen MR) is 66.5 cm³/mol. The fourth-order valence-corrected chi connectivity index (χ4v) is 2.20. The van der Waals surface area contributed by atoms with Crippen molar-refractivity contribution in [3.8, 4) is 5.69 Å². The van der Waals surface area contributed by atoms with Crippen LogP contribution in [0.15, 0.2) is 41.1 Å². The van der Waals surface area contributed by atoms with Crippen LogP contribution in [0.5, 0.6) is 0 Å². The van der Waals surface area contributed by atoms with Crippen LogP contribution in [0.1, 0.15) is 0 Å². The molecule has 1 aromatic carbocycles. The van der Waals surface area contributed by atoms with Crippen LogP contribution in [-0.2, 0) is 0 Å². The first-order valence-corrected chi connectivity index (χ1v) is 5.91. The van der Waals surface area contributed by atoms with Gasteiger partial charge in [-0.15, -0.1) is 0 Å². The first-order valence-electron chi connectivity index (χ1n) is 5.11. The smallest absolute Gasteiger partial charge is 0.164 e. The largest absolute Gasteiger partial charge is 0.236 e. The number of benzene rings is 1. The van der Waals surface area contributed by atoms with Crippen molar-refractivity contribution in [1.82, 2.24) is 14.8 Å². The minimum absolute atomic E-state index is 0.158. The van der Waals surface area contributed by atoms with E-state index in [2.05, 4.69) is 26.0 Å². The summed E-state index contributed by atoms with van der Waals surface area (Å²) in [5.41, 5.74) is 0.667. The Kier molecular flexibility index (Phi) is 2.59. The van der Waals surface area contributed by atoms with Crippen molar-refractivity contribution in [1.29, 1.82) is 0 Å². The van der Waals surface area contributed by atoms with Gasteiger partial charge < -0.3 is 0 Å². The van der Waals surface area contributed by atoms with Crippen LogP contribution >= 0.6 is 15.9 Å². The fourth-order valence-electron chi connectivity index (χ4n) is 1.74. The van der Waals surface area contributed by atoms with Gasteiger partial charge in [0, 0.05) is 12.3 Å². The summed E-state index contributed by atoms with van der Waals surface area (Å²) in [6.07, 6.45) is 1.59. The number of nitrogens with zero attached hydrogens (tertiary/aromatic N) is 3. The molecule has 0 amide bonds. The number of pyridine rings is 1. The van der Waals surface area contributed by atoms with E-state index in [-0.39, 0.29) is 5.69 Å². The van der Waals surface area contributed by atoms with Gasteiger partial charge in [0.1, 0.15) is 16.1 Å². The molecule has 2 heterocycles. The quantitative estimate of drug-likeness (QED) is 0.689. The molecule has 3 nitrogen and oxygen atoms in total. The van der Waals surface area contributed by atoms with Crippen molar-refractivity contribution < 1.29 is 8.78 Å². The fraction of sp³-hybridized carbons (Fsp3) is 0. The number of rotatable bonds is 1. The standard InChI is InChI=1S/C12H6BrF2N3/c13-11-8-2-1-5-16-12(8)18(17-11)10-4-3-7(14)6-9(10)15/h1-6H. The minimum Gasteiger partial charge on any atom is -0.236 e. The van der Waals surface area contributed by atoms with Crippen LogP contribution in [0.2, 0.25) is 0 Å². The maximum absolute atomic E-state index is 13.7. The van der Waals surface area contributed by atoms with Gasteiger partial charge in [-0.2, -0.15) is 5.10 Å². The SMILES string of the molecule is Fc1ccc(-n2nc(Br)c3cccnc32)c(F)c1. The molecule has 0 N–H and O–H groups in total. The number of hydrogen-bond donors (Lipinski definition) is 0. The topological polar surface area (TPSA) is 30.7 Å². The molecule has 3 rings (SSSR count). The van der Waals surface area contributed by atoms with Crippen molar-refractivity contribution in [2.45, 2.75) is 0 Å². The molecule has 0 unspecified atom stereocenters. The van der Waals surface area contributed by atoms with Gasteiger partial charge in [-0.3, -0.25) is 0 Å². The van der Waals surface area contributed by atoms with E-state index in [0.717, 1.165) is 11.5 Å². The van der Waals surface area contributed by atoms with E-state index in [1.165, 1.54) is 16.8 Å². The summed E-state index contributed by atoms with van der Waals surface area (Å²) in [5.74, 6) is -1.31. The molecule has 0 spiro atoms. The van der Waals surface area contributed by atoms with E-state index >= 15 is 0 Å². The highest BCUT2D eigenvalue weighted by atomic mass is 79.9. The molecule has 0 aliphatic heterocycles. The molecule has 6 heteroatoms. The highest BCUT2D eigenvalue weighted by molar-refractivity contribution is 9.10. The van der Waals surface area contributed by atoms with E-state index < -0.39 is 11.6 Å². The van der Waals surface area contributed by atoms with Gasteiger partial charge in [0.05, 0.1) is 5.39 Å². The van der Waals surface area contributed by atoms with Gasteiger partial charge in [0.25, 0.3) is 0 Å². The first-order chi connectivity index (χ1) is 8.66. The summed E-state index contributed by atoms with van der Waals surface area (Å²) in [6.45, 7) is 0. The second-order valence-electron chi connectivity index (χ2n) is 3.67. The number of halogens is 3. The molecule has 0 atom stereocenters. The molecule has 0 aliphatic rings. The van der Waals surface area contributed by atoms with E-state index in [1.54, 1.807) is 12.3 Å². The Morgan fingerprint density at radius 3 is 2.78 bits per heavy atom. The second kappa shape index (κ2) is 4.13. The number of fused-ring (bicyclic) bond motifs is 1. The average Bonchev–Trinajstić information content (AvgIpc) is 2.68. The molecule has 90 valence electrons. The Bertz CT molecular complexity index is 739. The van der Waals surface area contributed by atoms with Gasteiger partial charge in [-0.1, -0.05) is 0 Å². The normalized spacial score (nSPS) is 11.1. The van der Waals surface area contributed by atoms with Crippen LogP contribution in [0.25, 0.3) is 16.7 Å². The summed E-state index contributed by atoms with van der Waals surface area (Å²) in [5, 5.41) is 4.92. The van der Waals surface area contributed by atoms with E-state index in [1.807, 2.05) is 6.07 Å². The lowest BCUT2D eigenvalue weighted by molar-refractivity contribution is 0.574. The lowest BCUT2D eigenvalue weighted by Crippen LogP contribution is -2.01. The summed E-state index contributed by atoms with van der Waals surface area (Å²) in [6, 6.07) is 6.91. The second-order valence-corrected chi connectivity index (χ2v) is 4.42. The van der Waals surface area contributed by atoms with Gasteiger partial charge in [-0.05, 0) is 40.2 Å². The molecule has 2 aromatic heterocycles. The molecule has 0 aliphatic carbocycles. The summed E-state index contributed by atoms with van der Waals surface area (Å²) in [7, 11) is 0. The summed E-state index contributed by atoms with van der Waals surface area (Å²) >= 11 is 3.29. The Morgan fingerprint density at radius 2 is 2.00 bits per heavy atom. The Labute approximate surface area is 109 Å². The van der Waals surface area contributed by atoms with Gasteiger partial charge in [-0.25, -0.2) is 18.4 Å². The van der Waals surface area contributed by atoms with Crippen molar-refractivity contribution in [3.05, 3.63) is 52.8 Å². The zero-order valence-electron chi connectivity index (χ0n) is 8.94. The lowest BCUT2D eigenvalue weighted by Gasteiger charge is -2.03. The summed E-state index contributed by atoms with van der Waals surface area (Å²) in [4.78, 5) is 4.15. The van der Waals surface area contributed by atoms with E-state index in [4.69, 9.17) is 0 Å². The molecule has 0 saturated heterocycles. The Hall–Kier alpha value is -1.82. The van der Waals surface area contributed by atoms with Gasteiger partial charge >= 0.3 is 0 Å². The van der Waals surface area contributed by atoms with Crippen molar-refractivity contribution in [2.24, 2.45) is 0 Å². The zero-order chi connectivity index (χ0) is 12.7. The summed E-state index contributed by atoms with van der Waals surface area (Å²) < 4.78 is 28.5. The first kappa shape index (κ1) is 11.3.